The first kappa shape index (κ1) is 54.9. The van der Waals surface area contributed by atoms with Crippen LogP contribution in [0.5, 0.6) is 0 Å². The molecule has 9 rings (SSSR count). The van der Waals surface area contributed by atoms with Crippen LogP contribution in [0.2, 0.25) is 0 Å². The summed E-state index contributed by atoms with van der Waals surface area (Å²) in [6.07, 6.45) is 6.82. The van der Waals surface area contributed by atoms with Crippen molar-refractivity contribution in [1.82, 2.24) is 38.8 Å². The Morgan fingerprint density at radius 3 is 0.779 bits per heavy atom. The zero-order chi connectivity index (χ0) is 54.5. The number of nitrogens with zero attached hydrogens (tertiary/aromatic N) is 4. The Bertz CT molecular complexity index is 4140. The second-order valence-corrected chi connectivity index (χ2v) is 23.8. The van der Waals surface area contributed by atoms with Crippen LogP contribution in [-0.4, -0.2) is 67.3 Å². The quantitative estimate of drug-likeness (QED) is 0.104. The van der Waals surface area contributed by atoms with E-state index < -0.39 is 63.7 Å². The maximum absolute atomic E-state index is 13.1. The van der Waals surface area contributed by atoms with E-state index >= 15 is 0 Å². The molecule has 2 aliphatic rings. The van der Waals surface area contributed by atoms with E-state index in [4.69, 9.17) is 19.9 Å². The molecule has 2 aliphatic heterocycles. The number of sulfonamides is 4. The number of amides is 4. The minimum atomic E-state index is -4.24. The first-order chi connectivity index (χ1) is 35.9. The molecule has 0 saturated carbocycles. The monoisotopic (exact) mass is 1150 g/mol. The van der Waals surface area contributed by atoms with Gasteiger partial charge in [-0.05, 0) is 112 Å². The molecule has 20 nitrogen and oxygen atoms in total. The third-order valence-electron chi connectivity index (χ3n) is 11.5. The predicted molar refractivity (Wildman–Crippen MR) is 283 cm³/mol. The van der Waals surface area contributed by atoms with E-state index in [1.54, 1.807) is 48.6 Å². The Labute approximate surface area is 451 Å². The van der Waals surface area contributed by atoms with E-state index in [0.717, 1.165) is 27.7 Å². The Morgan fingerprint density at radius 1 is 0.325 bits per heavy atom. The second-order valence-electron chi connectivity index (χ2n) is 17.1. The van der Waals surface area contributed by atoms with Crippen LogP contribution in [0.3, 0.4) is 0 Å². The molecule has 4 N–H and O–H groups in total. The minimum absolute atomic E-state index is 0. The number of rotatable bonds is 12. The van der Waals surface area contributed by atoms with Crippen molar-refractivity contribution in [3.8, 4) is 44.5 Å². The van der Waals surface area contributed by atoms with Gasteiger partial charge in [-0.15, -0.1) is 22.1 Å². The fraction of sp³-hybridized carbons (Fsp3) is 0.0769. The molecule has 0 radical (unpaired) electrons. The summed E-state index contributed by atoms with van der Waals surface area (Å²) in [7, 11) is -17.0. The van der Waals surface area contributed by atoms with Crippen LogP contribution in [0.15, 0.2) is 141 Å². The Hall–Kier alpha value is -8.32. The molecule has 0 unspecified atom stereocenters. The average molecular weight is 1150 g/mol. The van der Waals surface area contributed by atoms with Crippen molar-refractivity contribution in [2.45, 2.75) is 47.3 Å². The number of carbonyl (C=O) groups excluding carboxylic acids is 4. The number of hydrogen-bond donors (Lipinski definition) is 4. The number of carbonyl (C=O) groups is 4. The molecular formula is C52H40FeN8O12S4. The largest absolute Gasteiger partial charge is 2.00 e. The first-order valence-corrected chi connectivity index (χ1v) is 28.4. The zero-order valence-corrected chi connectivity index (χ0v) is 44.9. The van der Waals surface area contributed by atoms with Crippen molar-refractivity contribution in [2.24, 2.45) is 0 Å². The fourth-order valence-electron chi connectivity index (χ4n) is 8.47. The average Bonchev–Trinajstić information content (AvgIpc) is 4.24. The summed E-state index contributed by atoms with van der Waals surface area (Å²) in [5, 5.41) is 0. The minimum Gasteiger partial charge on any atom is -0.657 e. The normalized spacial score (nSPS) is 12.3. The van der Waals surface area contributed by atoms with Crippen LogP contribution < -0.4 is 28.9 Å². The summed E-state index contributed by atoms with van der Waals surface area (Å²) in [5.41, 5.74) is 6.09. The summed E-state index contributed by atoms with van der Waals surface area (Å²) >= 11 is 0. The number of nitrogens with one attached hydrogen (secondary N) is 4. The topological polar surface area (TPSA) is 307 Å². The standard InChI is InChI=1S/C52H42N8O12S4.Fe/c1-29(61)57-73(65,66)37-13-5-33(6-14-37)49-41-21-23-43(53-41)50(34-7-15-38(16-8-34)74(67,68)58-30(2)62)45-25-27-47(55-45)52(36-11-19-40(20-12-36)76(71,72)60-32(4)64)48-28-26-46(56-48)51(44-24-22-42(49)54-44)35-9-17-39(18-10-35)75(69,70)59-31(3)63;/h5-28H,1-4H3,(H6,53,54,55,56,57,58,59,60,61,62,63,64);/q;+2/p-2. The van der Waals surface area contributed by atoms with Crippen molar-refractivity contribution in [3.63, 3.8) is 0 Å². The van der Waals surface area contributed by atoms with E-state index in [0.29, 0.717) is 89.4 Å². The van der Waals surface area contributed by atoms with Crippen LogP contribution in [0, 0.1) is 0 Å². The van der Waals surface area contributed by atoms with Crippen molar-refractivity contribution in [3.05, 3.63) is 144 Å². The van der Waals surface area contributed by atoms with Gasteiger partial charge in [0.25, 0.3) is 40.1 Å². The maximum atomic E-state index is 13.1. The number of fused-ring (bicyclic) bond motifs is 8. The summed E-state index contributed by atoms with van der Waals surface area (Å²) in [4.78, 5) is 66.8. The van der Waals surface area contributed by atoms with E-state index in [2.05, 4.69) is 0 Å². The van der Waals surface area contributed by atoms with Gasteiger partial charge in [-0.25, -0.2) is 62.5 Å². The van der Waals surface area contributed by atoms with Crippen LogP contribution in [0.1, 0.15) is 50.5 Å². The van der Waals surface area contributed by atoms with Crippen LogP contribution in [0.4, 0.5) is 0 Å². The van der Waals surface area contributed by atoms with Crippen LogP contribution in [0.25, 0.3) is 90.9 Å². The molecule has 25 heteroatoms. The number of hydrogen-bond acceptors (Lipinski definition) is 14. The third-order valence-corrected chi connectivity index (χ3v) is 17.3. The molecule has 7 aromatic rings. The molecular weight excluding hydrogens is 1110 g/mol. The summed E-state index contributed by atoms with van der Waals surface area (Å²) in [5.74, 6) is -3.15. The van der Waals surface area contributed by atoms with Crippen LogP contribution in [-0.2, 0) is 76.3 Å². The molecule has 0 atom stereocenters. The van der Waals surface area contributed by atoms with Gasteiger partial charge in [-0.1, -0.05) is 72.8 Å². The number of aromatic nitrogens is 4. The van der Waals surface area contributed by atoms with Gasteiger partial charge in [-0.2, -0.15) is 0 Å². The summed E-state index contributed by atoms with van der Waals surface area (Å²) < 4.78 is 112. The Kier molecular flexibility index (Phi) is 15.0. The summed E-state index contributed by atoms with van der Waals surface area (Å²) in [6.45, 7) is 4.28. The van der Waals surface area contributed by atoms with Crippen molar-refractivity contribution < 1.29 is 69.9 Å². The van der Waals surface area contributed by atoms with Gasteiger partial charge in [0.2, 0.25) is 23.6 Å². The molecule has 5 heterocycles. The van der Waals surface area contributed by atoms with Gasteiger partial charge in [0.05, 0.1) is 42.4 Å². The van der Waals surface area contributed by atoms with E-state index in [-0.39, 0.29) is 36.7 Å². The van der Waals surface area contributed by atoms with Crippen molar-refractivity contribution >= 4 is 110 Å². The predicted octanol–water partition coefficient (Wildman–Crippen LogP) is 5.88. The SMILES string of the molecule is CC(=O)NS(=O)(=O)c1ccc(-c2c3nc(c(-c4ccc(S(=O)(=O)NC(C)=O)cc4)c4ccc([n-]4)c(-c4ccc(S(=O)(=O)NC(C)=O)cc4)c4ccc([n-]4)c(-c4ccc(S(=O)(=O)NC(C)=O)cc4)c4nc2C=C4)C=C3)cc1.[Fe+2]. The molecule has 0 fully saturated rings. The Balaban J connectivity index is 0.00000784. The molecule has 3 aromatic heterocycles. The smallest absolute Gasteiger partial charge is 0.657 e. The molecule has 4 amide bonds. The molecule has 77 heavy (non-hydrogen) atoms. The molecule has 392 valence electrons. The van der Waals surface area contributed by atoms with Crippen molar-refractivity contribution in [1.29, 1.82) is 0 Å². The van der Waals surface area contributed by atoms with Gasteiger partial charge in [0.1, 0.15) is 0 Å². The molecule has 0 spiro atoms. The van der Waals surface area contributed by atoms with E-state index in [9.17, 15) is 52.8 Å². The Morgan fingerprint density at radius 2 is 0.532 bits per heavy atom. The molecule has 4 aromatic carbocycles. The molecule has 0 aliphatic carbocycles. The molecule has 0 saturated heterocycles. The first-order valence-electron chi connectivity index (χ1n) is 22.5. The van der Waals surface area contributed by atoms with E-state index in [1.807, 2.05) is 18.9 Å². The number of benzene rings is 4. The van der Waals surface area contributed by atoms with Gasteiger partial charge in [-0.3, -0.25) is 19.2 Å². The van der Waals surface area contributed by atoms with Gasteiger partial charge in [0, 0.05) is 33.3 Å². The fourth-order valence-corrected chi connectivity index (χ4v) is 12.4. The van der Waals surface area contributed by atoms with Gasteiger partial charge < -0.3 is 9.97 Å². The summed E-state index contributed by atoms with van der Waals surface area (Å²) in [6, 6.07) is 29.6. The van der Waals surface area contributed by atoms with Gasteiger partial charge in [0.15, 0.2) is 0 Å². The third kappa shape index (κ3) is 11.5. The van der Waals surface area contributed by atoms with Crippen LogP contribution >= 0.6 is 0 Å². The van der Waals surface area contributed by atoms with E-state index in [1.165, 1.54) is 97.1 Å². The zero-order valence-electron chi connectivity index (χ0n) is 40.5. The maximum Gasteiger partial charge on any atom is 2.00 e. The second kappa shape index (κ2) is 21.0. The van der Waals surface area contributed by atoms with Gasteiger partial charge >= 0.3 is 17.1 Å². The van der Waals surface area contributed by atoms with Crippen molar-refractivity contribution in [2.75, 3.05) is 0 Å². The molecule has 8 bridgehead atoms.